The van der Waals surface area contributed by atoms with Crippen LogP contribution in [0.1, 0.15) is 17.0 Å². The highest BCUT2D eigenvalue weighted by molar-refractivity contribution is 5.52. The summed E-state index contributed by atoms with van der Waals surface area (Å²) in [5.41, 5.74) is 1.76. The standard InChI is InChI=1S/C17H18O5/c1-20-12-3-4-13(14(18)7-12)11-5-10-6-17(21-2)15(19)8-16(10)22-9-11/h3-4,6-8,11,18-19H,5,9H2,1-2H3. The number of ether oxygens (including phenoxy) is 3. The van der Waals surface area contributed by atoms with Crippen molar-refractivity contribution in [2.75, 3.05) is 20.8 Å². The first-order valence-electron chi connectivity index (χ1n) is 7.02. The zero-order chi connectivity index (χ0) is 15.7. The van der Waals surface area contributed by atoms with Gasteiger partial charge >= 0.3 is 0 Å². The molecular weight excluding hydrogens is 284 g/mol. The molecule has 1 heterocycles. The van der Waals surface area contributed by atoms with Gasteiger partial charge in [0.15, 0.2) is 11.5 Å². The van der Waals surface area contributed by atoms with Crippen LogP contribution in [0.3, 0.4) is 0 Å². The van der Waals surface area contributed by atoms with Gasteiger partial charge in [0.2, 0.25) is 0 Å². The van der Waals surface area contributed by atoms with Crippen LogP contribution in [0.25, 0.3) is 0 Å². The summed E-state index contributed by atoms with van der Waals surface area (Å²) >= 11 is 0. The molecule has 1 unspecified atom stereocenters. The summed E-state index contributed by atoms with van der Waals surface area (Å²) < 4.78 is 16.0. The maximum atomic E-state index is 10.2. The Morgan fingerprint density at radius 3 is 2.55 bits per heavy atom. The van der Waals surface area contributed by atoms with Crippen LogP contribution in [0.4, 0.5) is 0 Å². The van der Waals surface area contributed by atoms with Gasteiger partial charge in [-0.3, -0.25) is 0 Å². The Bertz CT molecular complexity index is 696. The van der Waals surface area contributed by atoms with Crippen LogP contribution in [0.15, 0.2) is 30.3 Å². The predicted molar refractivity (Wildman–Crippen MR) is 81.3 cm³/mol. The largest absolute Gasteiger partial charge is 0.508 e. The number of aromatic hydroxyl groups is 2. The van der Waals surface area contributed by atoms with Crippen molar-refractivity contribution >= 4 is 0 Å². The van der Waals surface area contributed by atoms with Crippen LogP contribution in [0.5, 0.6) is 28.7 Å². The first kappa shape index (κ1) is 14.4. The summed E-state index contributed by atoms with van der Waals surface area (Å²) in [5.74, 6) is 1.98. The van der Waals surface area contributed by atoms with E-state index in [1.165, 1.54) is 7.11 Å². The Morgan fingerprint density at radius 2 is 1.86 bits per heavy atom. The maximum Gasteiger partial charge on any atom is 0.161 e. The number of fused-ring (bicyclic) bond motifs is 1. The van der Waals surface area contributed by atoms with Crippen LogP contribution < -0.4 is 14.2 Å². The molecule has 0 aromatic heterocycles. The molecule has 0 saturated carbocycles. The summed E-state index contributed by atoms with van der Waals surface area (Å²) in [4.78, 5) is 0. The lowest BCUT2D eigenvalue weighted by molar-refractivity contribution is 0.256. The number of phenolic OH excluding ortho intramolecular Hbond substituents is 2. The Kier molecular flexibility index (Phi) is 3.71. The molecule has 116 valence electrons. The second-order valence-electron chi connectivity index (χ2n) is 5.27. The van der Waals surface area contributed by atoms with Crippen molar-refractivity contribution < 1.29 is 24.4 Å². The molecule has 3 rings (SSSR count). The fourth-order valence-corrected chi connectivity index (χ4v) is 2.76. The monoisotopic (exact) mass is 302 g/mol. The van der Waals surface area contributed by atoms with E-state index >= 15 is 0 Å². The summed E-state index contributed by atoms with van der Waals surface area (Å²) in [6, 6.07) is 8.62. The molecule has 0 amide bonds. The molecule has 0 fully saturated rings. The molecule has 0 aliphatic carbocycles. The van der Waals surface area contributed by atoms with Crippen molar-refractivity contribution in [1.82, 2.24) is 0 Å². The van der Waals surface area contributed by atoms with E-state index in [9.17, 15) is 10.2 Å². The quantitative estimate of drug-likeness (QED) is 0.912. The van der Waals surface area contributed by atoms with Crippen molar-refractivity contribution in [2.24, 2.45) is 0 Å². The molecule has 0 radical (unpaired) electrons. The molecule has 1 aliphatic heterocycles. The predicted octanol–water partition coefficient (Wildman–Crippen LogP) is 2.83. The van der Waals surface area contributed by atoms with Crippen LogP contribution in [-0.2, 0) is 6.42 Å². The van der Waals surface area contributed by atoms with Gasteiger partial charge < -0.3 is 24.4 Å². The third kappa shape index (κ3) is 2.50. The van der Waals surface area contributed by atoms with Gasteiger partial charge in [-0.15, -0.1) is 0 Å². The molecule has 2 aromatic carbocycles. The van der Waals surface area contributed by atoms with E-state index in [1.54, 1.807) is 25.3 Å². The van der Waals surface area contributed by atoms with Gasteiger partial charge in [0.05, 0.1) is 20.8 Å². The second kappa shape index (κ2) is 5.67. The minimum absolute atomic E-state index is 0.0349. The van der Waals surface area contributed by atoms with Crippen LogP contribution >= 0.6 is 0 Å². The zero-order valence-corrected chi connectivity index (χ0v) is 12.5. The molecule has 2 aromatic rings. The zero-order valence-electron chi connectivity index (χ0n) is 12.5. The average Bonchev–Trinajstić information content (AvgIpc) is 2.53. The van der Waals surface area contributed by atoms with E-state index in [0.29, 0.717) is 30.3 Å². The minimum atomic E-state index is 0.0349. The molecule has 0 spiro atoms. The molecular formula is C17H18O5. The van der Waals surface area contributed by atoms with Gasteiger partial charge in [0.25, 0.3) is 0 Å². The van der Waals surface area contributed by atoms with Gasteiger partial charge in [-0.25, -0.2) is 0 Å². The molecule has 0 saturated heterocycles. The number of phenols is 2. The minimum Gasteiger partial charge on any atom is -0.508 e. The van der Waals surface area contributed by atoms with Crippen molar-refractivity contribution in [2.45, 2.75) is 12.3 Å². The highest BCUT2D eigenvalue weighted by atomic mass is 16.5. The van der Waals surface area contributed by atoms with Gasteiger partial charge in [-0.2, -0.15) is 0 Å². The molecule has 1 atom stereocenters. The molecule has 5 nitrogen and oxygen atoms in total. The van der Waals surface area contributed by atoms with Gasteiger partial charge in [-0.1, -0.05) is 6.07 Å². The van der Waals surface area contributed by atoms with Crippen LogP contribution in [0.2, 0.25) is 0 Å². The Balaban J connectivity index is 1.90. The number of hydrogen-bond donors (Lipinski definition) is 2. The molecule has 22 heavy (non-hydrogen) atoms. The number of hydrogen-bond acceptors (Lipinski definition) is 5. The second-order valence-corrected chi connectivity index (χ2v) is 5.27. The van der Waals surface area contributed by atoms with Gasteiger partial charge in [-0.05, 0) is 24.1 Å². The summed E-state index contributed by atoms with van der Waals surface area (Å²) in [5, 5.41) is 20.0. The summed E-state index contributed by atoms with van der Waals surface area (Å²) in [7, 11) is 3.07. The SMILES string of the molecule is COc1ccc(C2COc3cc(O)c(OC)cc3C2)c(O)c1. The van der Waals surface area contributed by atoms with Crippen LogP contribution in [0, 0.1) is 0 Å². The first-order valence-corrected chi connectivity index (χ1v) is 7.02. The Hall–Kier alpha value is -2.56. The van der Waals surface area contributed by atoms with E-state index in [-0.39, 0.29) is 17.4 Å². The number of rotatable bonds is 3. The van der Waals surface area contributed by atoms with Gasteiger partial charge in [0, 0.05) is 23.6 Å². The molecule has 5 heteroatoms. The lowest BCUT2D eigenvalue weighted by atomic mass is 9.89. The molecule has 2 N–H and O–H groups in total. The lowest BCUT2D eigenvalue weighted by Crippen LogP contribution is -2.19. The first-order chi connectivity index (χ1) is 10.6. The van der Waals surface area contributed by atoms with E-state index < -0.39 is 0 Å². The van der Waals surface area contributed by atoms with Crippen molar-refractivity contribution in [3.05, 3.63) is 41.5 Å². The van der Waals surface area contributed by atoms with Gasteiger partial charge in [0.1, 0.15) is 17.2 Å². The fraction of sp³-hybridized carbons (Fsp3) is 0.294. The lowest BCUT2D eigenvalue weighted by Gasteiger charge is -2.26. The molecule has 1 aliphatic rings. The van der Waals surface area contributed by atoms with E-state index in [0.717, 1.165) is 11.1 Å². The third-order valence-corrected chi connectivity index (χ3v) is 3.95. The Labute approximate surface area is 128 Å². The summed E-state index contributed by atoms with van der Waals surface area (Å²) in [6.07, 6.45) is 0.700. The normalized spacial score (nSPS) is 16.5. The topological polar surface area (TPSA) is 68.2 Å². The van der Waals surface area contributed by atoms with Crippen molar-refractivity contribution in [1.29, 1.82) is 0 Å². The Morgan fingerprint density at radius 1 is 1.05 bits per heavy atom. The number of benzene rings is 2. The third-order valence-electron chi connectivity index (χ3n) is 3.95. The maximum absolute atomic E-state index is 10.2. The van der Waals surface area contributed by atoms with E-state index in [4.69, 9.17) is 14.2 Å². The fourth-order valence-electron chi connectivity index (χ4n) is 2.76. The highest BCUT2D eigenvalue weighted by Gasteiger charge is 2.25. The average molecular weight is 302 g/mol. The summed E-state index contributed by atoms with van der Waals surface area (Å²) in [6.45, 7) is 0.443. The molecule has 0 bridgehead atoms. The van der Waals surface area contributed by atoms with Crippen LogP contribution in [-0.4, -0.2) is 31.0 Å². The smallest absolute Gasteiger partial charge is 0.161 e. The van der Waals surface area contributed by atoms with Crippen molar-refractivity contribution in [3.63, 3.8) is 0 Å². The highest BCUT2D eigenvalue weighted by Crippen LogP contribution is 2.41. The number of methoxy groups -OCH3 is 2. The van der Waals surface area contributed by atoms with Crippen molar-refractivity contribution in [3.8, 4) is 28.7 Å². The van der Waals surface area contributed by atoms with E-state index in [2.05, 4.69) is 0 Å². The van der Waals surface area contributed by atoms with E-state index in [1.807, 2.05) is 12.1 Å².